The van der Waals surface area contributed by atoms with Gasteiger partial charge in [-0.05, 0) is 80.9 Å². The molecule has 0 aromatic heterocycles. The highest BCUT2D eigenvalue weighted by molar-refractivity contribution is 5.81. The highest BCUT2D eigenvalue weighted by Crippen LogP contribution is 2.36. The molecular weight excluding hydrogens is 591 g/mol. The molecular formula is C48H37N. The molecule has 0 aliphatic carbocycles. The molecule has 7 aromatic rings. The van der Waals surface area contributed by atoms with Crippen LogP contribution < -0.4 is 4.90 Å². The molecule has 7 aromatic carbocycles. The second-order valence-corrected chi connectivity index (χ2v) is 11.9. The summed E-state index contributed by atoms with van der Waals surface area (Å²) in [7, 11) is 0. The van der Waals surface area contributed by atoms with Gasteiger partial charge in [0.2, 0.25) is 0 Å². The minimum atomic E-state index is 1.10. The first-order valence-electron chi connectivity index (χ1n) is 16.7. The SMILES string of the molecule is C(=Cc1ccc(-c2ccc(N(c3ccc(C=Cc4ccccc4)cc3)c3ccc(C=Cc4ccccc4)cc3)cc2)cc1)c1ccccc1. The normalized spacial score (nSPS) is 11.4. The van der Waals surface area contributed by atoms with Gasteiger partial charge in [0.1, 0.15) is 0 Å². The molecule has 0 saturated carbocycles. The minimum Gasteiger partial charge on any atom is -0.311 e. The predicted molar refractivity (Wildman–Crippen MR) is 213 cm³/mol. The van der Waals surface area contributed by atoms with Crippen LogP contribution in [-0.4, -0.2) is 0 Å². The van der Waals surface area contributed by atoms with Gasteiger partial charge in [0.15, 0.2) is 0 Å². The van der Waals surface area contributed by atoms with Gasteiger partial charge in [0.25, 0.3) is 0 Å². The smallest absolute Gasteiger partial charge is 0.0462 e. The molecule has 49 heavy (non-hydrogen) atoms. The Morgan fingerprint density at radius 1 is 0.224 bits per heavy atom. The summed E-state index contributed by atoms with van der Waals surface area (Å²) in [6.07, 6.45) is 12.9. The summed E-state index contributed by atoms with van der Waals surface area (Å²) < 4.78 is 0. The highest BCUT2D eigenvalue weighted by atomic mass is 15.1. The first-order chi connectivity index (χ1) is 24.3. The number of anilines is 3. The Morgan fingerprint density at radius 2 is 0.449 bits per heavy atom. The number of benzene rings is 7. The largest absolute Gasteiger partial charge is 0.311 e. The Balaban J connectivity index is 1.14. The molecule has 0 aliphatic rings. The lowest BCUT2D eigenvalue weighted by Crippen LogP contribution is -2.09. The Morgan fingerprint density at radius 3 is 0.755 bits per heavy atom. The van der Waals surface area contributed by atoms with Crippen LogP contribution in [0.1, 0.15) is 33.4 Å². The van der Waals surface area contributed by atoms with Crippen LogP contribution in [0.4, 0.5) is 17.1 Å². The molecule has 0 amide bonds. The van der Waals surface area contributed by atoms with E-state index in [9.17, 15) is 0 Å². The molecule has 1 heteroatoms. The number of rotatable bonds is 10. The summed E-state index contributed by atoms with van der Waals surface area (Å²) in [6.45, 7) is 0. The Bertz CT molecular complexity index is 2050. The molecule has 0 unspecified atom stereocenters. The molecule has 0 radical (unpaired) electrons. The van der Waals surface area contributed by atoms with Crippen molar-refractivity contribution in [2.45, 2.75) is 0 Å². The van der Waals surface area contributed by atoms with Gasteiger partial charge in [-0.25, -0.2) is 0 Å². The number of hydrogen-bond donors (Lipinski definition) is 0. The van der Waals surface area contributed by atoms with Crippen molar-refractivity contribution in [1.29, 1.82) is 0 Å². The van der Waals surface area contributed by atoms with Crippen molar-refractivity contribution in [2.75, 3.05) is 4.90 Å². The van der Waals surface area contributed by atoms with Crippen molar-refractivity contribution in [2.24, 2.45) is 0 Å². The van der Waals surface area contributed by atoms with Crippen molar-refractivity contribution < 1.29 is 0 Å². The lowest BCUT2D eigenvalue weighted by Gasteiger charge is -2.26. The van der Waals surface area contributed by atoms with Crippen molar-refractivity contribution in [3.8, 4) is 11.1 Å². The van der Waals surface area contributed by atoms with Crippen LogP contribution in [0.3, 0.4) is 0 Å². The van der Waals surface area contributed by atoms with Gasteiger partial charge in [-0.15, -0.1) is 0 Å². The fourth-order valence-corrected chi connectivity index (χ4v) is 5.78. The van der Waals surface area contributed by atoms with Crippen molar-refractivity contribution in [3.05, 3.63) is 221 Å². The third kappa shape index (κ3) is 8.29. The number of hydrogen-bond acceptors (Lipinski definition) is 1. The third-order valence-electron chi connectivity index (χ3n) is 8.48. The van der Waals surface area contributed by atoms with Gasteiger partial charge in [0.05, 0.1) is 0 Å². The monoisotopic (exact) mass is 627 g/mol. The maximum absolute atomic E-state index is 2.32. The van der Waals surface area contributed by atoms with E-state index in [2.05, 4.69) is 211 Å². The zero-order valence-corrected chi connectivity index (χ0v) is 27.3. The van der Waals surface area contributed by atoms with Crippen LogP contribution in [0.5, 0.6) is 0 Å². The summed E-state index contributed by atoms with van der Waals surface area (Å²) >= 11 is 0. The Hall–Kier alpha value is -6.44. The number of nitrogens with zero attached hydrogens (tertiary/aromatic N) is 1. The molecule has 0 atom stereocenters. The van der Waals surface area contributed by atoms with E-state index in [1.807, 2.05) is 18.2 Å². The van der Waals surface area contributed by atoms with Gasteiger partial charge in [0, 0.05) is 17.1 Å². The molecule has 0 fully saturated rings. The van der Waals surface area contributed by atoms with Crippen molar-refractivity contribution in [1.82, 2.24) is 0 Å². The van der Waals surface area contributed by atoms with Gasteiger partial charge < -0.3 is 4.90 Å². The lowest BCUT2D eigenvalue weighted by atomic mass is 10.0. The maximum Gasteiger partial charge on any atom is 0.0462 e. The van der Waals surface area contributed by atoms with Crippen molar-refractivity contribution >= 4 is 53.5 Å². The van der Waals surface area contributed by atoms with E-state index in [0.29, 0.717) is 0 Å². The summed E-state index contributed by atoms with van der Waals surface area (Å²) in [5.41, 5.74) is 12.8. The van der Waals surface area contributed by atoms with E-state index in [-0.39, 0.29) is 0 Å². The van der Waals surface area contributed by atoms with E-state index in [0.717, 1.165) is 28.2 Å². The Labute approximate surface area is 290 Å². The van der Waals surface area contributed by atoms with Crippen LogP contribution in [0.15, 0.2) is 188 Å². The summed E-state index contributed by atoms with van der Waals surface area (Å²) in [6, 6.07) is 66.3. The fraction of sp³-hybridized carbons (Fsp3) is 0. The zero-order valence-electron chi connectivity index (χ0n) is 27.3. The van der Waals surface area contributed by atoms with E-state index in [4.69, 9.17) is 0 Å². The summed E-state index contributed by atoms with van der Waals surface area (Å²) in [4.78, 5) is 2.32. The van der Waals surface area contributed by atoms with Crippen LogP contribution in [-0.2, 0) is 0 Å². The second kappa shape index (κ2) is 15.4. The lowest BCUT2D eigenvalue weighted by molar-refractivity contribution is 1.28. The third-order valence-corrected chi connectivity index (χ3v) is 8.48. The van der Waals surface area contributed by atoms with Gasteiger partial charge in [-0.2, -0.15) is 0 Å². The molecule has 0 N–H and O–H groups in total. The summed E-state index contributed by atoms with van der Waals surface area (Å²) in [5.74, 6) is 0. The molecule has 0 heterocycles. The molecule has 0 bridgehead atoms. The fourth-order valence-electron chi connectivity index (χ4n) is 5.78. The van der Waals surface area contributed by atoms with E-state index < -0.39 is 0 Å². The molecule has 234 valence electrons. The average Bonchev–Trinajstić information content (AvgIpc) is 3.18. The molecule has 0 saturated heterocycles. The molecule has 7 rings (SSSR count). The molecule has 0 spiro atoms. The van der Waals surface area contributed by atoms with Crippen LogP contribution in [0, 0.1) is 0 Å². The van der Waals surface area contributed by atoms with E-state index in [1.54, 1.807) is 0 Å². The minimum absolute atomic E-state index is 1.10. The molecule has 1 nitrogen and oxygen atoms in total. The maximum atomic E-state index is 2.32. The molecule has 0 aliphatic heterocycles. The van der Waals surface area contributed by atoms with Gasteiger partial charge in [-0.1, -0.05) is 188 Å². The van der Waals surface area contributed by atoms with Crippen LogP contribution in [0.25, 0.3) is 47.6 Å². The average molecular weight is 628 g/mol. The van der Waals surface area contributed by atoms with Crippen LogP contribution in [0.2, 0.25) is 0 Å². The van der Waals surface area contributed by atoms with E-state index in [1.165, 1.54) is 33.4 Å². The van der Waals surface area contributed by atoms with Gasteiger partial charge >= 0.3 is 0 Å². The quantitative estimate of drug-likeness (QED) is 0.136. The Kier molecular flexibility index (Phi) is 9.82. The highest BCUT2D eigenvalue weighted by Gasteiger charge is 2.13. The van der Waals surface area contributed by atoms with Gasteiger partial charge in [-0.3, -0.25) is 0 Å². The summed E-state index contributed by atoms with van der Waals surface area (Å²) in [5, 5.41) is 0. The topological polar surface area (TPSA) is 3.24 Å². The first kappa shape index (κ1) is 31.2. The predicted octanol–water partition coefficient (Wildman–Crippen LogP) is 13.3. The standard InChI is InChI=1S/C48H37N/c1-4-10-38(11-5-1)16-19-41-22-28-44(29-23-41)45-30-36-48(37-31-45)49(46-32-24-42(25-33-46)20-17-39-12-6-2-7-13-39)47-34-26-43(27-35-47)21-18-40-14-8-3-9-15-40/h1-37H. The van der Waals surface area contributed by atoms with Crippen LogP contribution >= 0.6 is 0 Å². The zero-order chi connectivity index (χ0) is 33.1. The second-order valence-electron chi connectivity index (χ2n) is 11.9. The van der Waals surface area contributed by atoms with E-state index >= 15 is 0 Å². The first-order valence-corrected chi connectivity index (χ1v) is 16.7. The van der Waals surface area contributed by atoms with Crippen molar-refractivity contribution in [3.63, 3.8) is 0 Å².